The Hall–Kier alpha value is -3.50. The number of benzene rings is 2. The van der Waals surface area contributed by atoms with Gasteiger partial charge in [-0.05, 0) is 48.7 Å². The van der Waals surface area contributed by atoms with E-state index < -0.39 is 35.5 Å². The van der Waals surface area contributed by atoms with Crippen molar-refractivity contribution in [1.82, 2.24) is 9.78 Å². The molecule has 0 saturated heterocycles. The summed E-state index contributed by atoms with van der Waals surface area (Å²) in [6.45, 7) is 0.252. The highest BCUT2D eigenvalue weighted by atomic mass is 19.4. The normalized spacial score (nSPS) is 14.2. The Labute approximate surface area is 177 Å². The smallest absolute Gasteiger partial charge is 0.406 e. The zero-order chi connectivity index (χ0) is 23.1. The lowest BCUT2D eigenvalue weighted by molar-refractivity contribution is -0.274. The first-order chi connectivity index (χ1) is 15.0. The first-order valence-electron chi connectivity index (χ1n) is 9.46. The number of alkyl halides is 6. The first-order valence-corrected chi connectivity index (χ1v) is 9.46. The molecule has 0 saturated carbocycles. The van der Waals surface area contributed by atoms with Gasteiger partial charge in [0.25, 0.3) is 5.91 Å². The van der Waals surface area contributed by atoms with E-state index >= 15 is 0 Å². The third-order valence-electron chi connectivity index (χ3n) is 4.94. The Morgan fingerprint density at radius 1 is 0.969 bits per heavy atom. The zero-order valence-electron chi connectivity index (χ0n) is 16.2. The van der Waals surface area contributed by atoms with Gasteiger partial charge >= 0.3 is 12.5 Å². The maximum atomic E-state index is 13.9. The highest BCUT2D eigenvalue weighted by molar-refractivity contribution is 6.07. The molecule has 1 aliphatic rings. The van der Waals surface area contributed by atoms with E-state index in [4.69, 9.17) is 0 Å². The SMILES string of the molecule is O=C(c1cnn(-c2ccc(OC(F)(F)F)cc2)c1C(F)(F)F)N1CCCc2ccccc21. The summed E-state index contributed by atoms with van der Waals surface area (Å²) in [6.07, 6.45) is -7.76. The summed E-state index contributed by atoms with van der Waals surface area (Å²) in [5.41, 5.74) is -0.739. The molecule has 0 unspecified atom stereocenters. The summed E-state index contributed by atoms with van der Waals surface area (Å²) in [6, 6.07) is 10.7. The summed E-state index contributed by atoms with van der Waals surface area (Å²) < 4.78 is 83.1. The van der Waals surface area contributed by atoms with Crippen LogP contribution in [-0.4, -0.2) is 28.6 Å². The van der Waals surface area contributed by atoms with E-state index in [9.17, 15) is 31.1 Å². The first kappa shape index (κ1) is 21.7. The lowest BCUT2D eigenvalue weighted by atomic mass is 10.0. The molecular formula is C21H15F6N3O2. The monoisotopic (exact) mass is 455 g/mol. The Balaban J connectivity index is 1.73. The zero-order valence-corrected chi connectivity index (χ0v) is 16.2. The molecule has 0 radical (unpaired) electrons. The van der Waals surface area contributed by atoms with Crippen molar-refractivity contribution in [1.29, 1.82) is 0 Å². The molecular weight excluding hydrogens is 440 g/mol. The number of aryl methyl sites for hydroxylation is 1. The number of fused-ring (bicyclic) bond motifs is 1. The molecule has 32 heavy (non-hydrogen) atoms. The minimum absolute atomic E-state index is 0.176. The van der Waals surface area contributed by atoms with E-state index in [2.05, 4.69) is 9.84 Å². The van der Waals surface area contributed by atoms with Gasteiger partial charge in [-0.15, -0.1) is 13.2 Å². The van der Waals surface area contributed by atoms with Crippen LogP contribution in [0.1, 0.15) is 28.0 Å². The topological polar surface area (TPSA) is 47.4 Å². The molecule has 0 fully saturated rings. The fourth-order valence-electron chi connectivity index (χ4n) is 3.65. The van der Waals surface area contributed by atoms with Gasteiger partial charge in [-0.1, -0.05) is 18.2 Å². The maximum absolute atomic E-state index is 13.9. The van der Waals surface area contributed by atoms with Crippen molar-refractivity contribution in [2.75, 3.05) is 11.4 Å². The van der Waals surface area contributed by atoms with Crippen LogP contribution in [-0.2, 0) is 12.6 Å². The second kappa shape index (κ2) is 7.88. The van der Waals surface area contributed by atoms with Crippen molar-refractivity contribution in [2.24, 2.45) is 0 Å². The van der Waals surface area contributed by atoms with Crippen LogP contribution in [0.15, 0.2) is 54.7 Å². The fourth-order valence-corrected chi connectivity index (χ4v) is 3.65. The fraction of sp³-hybridized carbons (Fsp3) is 0.238. The Bertz CT molecular complexity index is 1140. The van der Waals surface area contributed by atoms with Crippen LogP contribution in [0.25, 0.3) is 5.69 Å². The molecule has 2 heterocycles. The minimum Gasteiger partial charge on any atom is -0.406 e. The maximum Gasteiger partial charge on any atom is 0.573 e. The summed E-state index contributed by atoms with van der Waals surface area (Å²) >= 11 is 0. The molecule has 2 aromatic carbocycles. The van der Waals surface area contributed by atoms with Gasteiger partial charge in [-0.2, -0.15) is 18.3 Å². The van der Waals surface area contributed by atoms with Gasteiger partial charge in [0.2, 0.25) is 0 Å². The number of hydrogen-bond donors (Lipinski definition) is 0. The number of rotatable bonds is 3. The molecule has 3 aromatic rings. The number of ether oxygens (including phenoxy) is 1. The highest BCUT2D eigenvalue weighted by Gasteiger charge is 2.42. The molecule has 168 valence electrons. The van der Waals surface area contributed by atoms with Gasteiger partial charge in [0.15, 0.2) is 5.69 Å². The number of carbonyl (C=O) groups is 1. The van der Waals surface area contributed by atoms with Crippen LogP contribution in [0.4, 0.5) is 32.0 Å². The Morgan fingerprint density at radius 3 is 2.31 bits per heavy atom. The third-order valence-corrected chi connectivity index (χ3v) is 4.94. The second-order valence-electron chi connectivity index (χ2n) is 7.05. The number of hydrogen-bond acceptors (Lipinski definition) is 3. The predicted octanol–water partition coefficient (Wildman–Crippen LogP) is 5.38. The van der Waals surface area contributed by atoms with E-state index in [-0.39, 0.29) is 12.2 Å². The molecule has 5 nitrogen and oxygen atoms in total. The number of amides is 1. The summed E-state index contributed by atoms with van der Waals surface area (Å²) in [4.78, 5) is 14.4. The van der Waals surface area contributed by atoms with Crippen LogP contribution >= 0.6 is 0 Å². The molecule has 1 amide bonds. The molecule has 0 spiro atoms. The standard InChI is InChI=1S/C21H15F6N3O2/c22-20(23,24)18-16(19(31)29-11-3-5-13-4-1-2-6-17(13)29)12-28-30(18)14-7-9-15(10-8-14)32-21(25,26)27/h1-2,4,6-10,12H,3,5,11H2. The molecule has 1 aliphatic heterocycles. The van der Waals surface area contributed by atoms with Crippen molar-refractivity contribution >= 4 is 11.6 Å². The minimum atomic E-state index is -4.95. The van der Waals surface area contributed by atoms with Crippen molar-refractivity contribution in [2.45, 2.75) is 25.4 Å². The van der Waals surface area contributed by atoms with E-state index in [1.165, 1.54) is 4.90 Å². The van der Waals surface area contributed by atoms with Crippen molar-refractivity contribution in [3.63, 3.8) is 0 Å². The Morgan fingerprint density at radius 2 is 1.66 bits per heavy atom. The van der Waals surface area contributed by atoms with Gasteiger partial charge < -0.3 is 9.64 Å². The van der Waals surface area contributed by atoms with Gasteiger partial charge in [-0.25, -0.2) is 4.68 Å². The number of aromatic nitrogens is 2. The lowest BCUT2D eigenvalue weighted by Crippen LogP contribution is -2.36. The van der Waals surface area contributed by atoms with Crippen LogP contribution in [0, 0.1) is 0 Å². The molecule has 11 heteroatoms. The molecule has 0 bridgehead atoms. The summed E-state index contributed by atoms with van der Waals surface area (Å²) in [7, 11) is 0. The lowest BCUT2D eigenvalue weighted by Gasteiger charge is -2.29. The molecule has 0 aliphatic carbocycles. The largest absolute Gasteiger partial charge is 0.573 e. The van der Waals surface area contributed by atoms with E-state index in [0.29, 0.717) is 23.2 Å². The van der Waals surface area contributed by atoms with Crippen LogP contribution in [0.5, 0.6) is 5.75 Å². The van der Waals surface area contributed by atoms with Crippen molar-refractivity contribution < 1.29 is 35.9 Å². The van der Waals surface area contributed by atoms with E-state index in [1.54, 1.807) is 18.2 Å². The summed E-state index contributed by atoms with van der Waals surface area (Å²) in [5, 5.41) is 3.72. The number of anilines is 1. The summed E-state index contributed by atoms with van der Waals surface area (Å²) in [5.74, 6) is -1.45. The Kier molecular flexibility index (Phi) is 5.35. The van der Waals surface area contributed by atoms with Gasteiger partial charge in [0.1, 0.15) is 5.75 Å². The van der Waals surface area contributed by atoms with Gasteiger partial charge in [-0.3, -0.25) is 4.79 Å². The number of halogens is 6. The van der Waals surface area contributed by atoms with Gasteiger partial charge in [0.05, 0.1) is 17.4 Å². The molecule has 0 N–H and O–H groups in total. The molecule has 0 atom stereocenters. The molecule has 4 rings (SSSR count). The second-order valence-corrected chi connectivity index (χ2v) is 7.05. The quantitative estimate of drug-likeness (QED) is 0.498. The van der Waals surface area contributed by atoms with E-state index in [0.717, 1.165) is 36.0 Å². The van der Waals surface area contributed by atoms with Gasteiger partial charge in [0, 0.05) is 12.2 Å². The number of nitrogens with zero attached hydrogens (tertiary/aromatic N) is 3. The van der Waals surface area contributed by atoms with Crippen LogP contribution in [0.2, 0.25) is 0 Å². The number of carbonyl (C=O) groups excluding carboxylic acids is 1. The van der Waals surface area contributed by atoms with Crippen LogP contribution < -0.4 is 9.64 Å². The third kappa shape index (κ3) is 4.27. The van der Waals surface area contributed by atoms with E-state index in [1.807, 2.05) is 6.07 Å². The average molecular weight is 455 g/mol. The molecule has 1 aromatic heterocycles. The van der Waals surface area contributed by atoms with Crippen molar-refractivity contribution in [3.8, 4) is 11.4 Å². The average Bonchev–Trinajstić information content (AvgIpc) is 3.18. The highest BCUT2D eigenvalue weighted by Crippen LogP contribution is 2.36. The number of para-hydroxylation sites is 1. The van der Waals surface area contributed by atoms with Crippen LogP contribution in [0.3, 0.4) is 0 Å². The predicted molar refractivity (Wildman–Crippen MR) is 102 cm³/mol. The van der Waals surface area contributed by atoms with Crippen molar-refractivity contribution in [3.05, 3.63) is 71.5 Å².